The van der Waals surface area contributed by atoms with Crippen LogP contribution in [0.3, 0.4) is 0 Å². The van der Waals surface area contributed by atoms with Crippen LogP contribution in [-0.4, -0.2) is 35.9 Å². The number of rotatable bonds is 12. The Balaban J connectivity index is 1.94. The van der Waals surface area contributed by atoms with E-state index in [0.717, 1.165) is 28.4 Å². The maximum absolute atomic E-state index is 13.7. The molecule has 196 valence electrons. The first-order chi connectivity index (χ1) is 17.8. The van der Waals surface area contributed by atoms with E-state index < -0.39 is 6.04 Å². The molecule has 0 bridgehead atoms. The summed E-state index contributed by atoms with van der Waals surface area (Å²) in [6.07, 6.45) is 2.00. The second-order valence-electron chi connectivity index (χ2n) is 8.63. The number of aryl methyl sites for hydroxylation is 1. The van der Waals surface area contributed by atoms with E-state index in [9.17, 15) is 9.59 Å². The number of carbonyl (C=O) groups is 2. The van der Waals surface area contributed by atoms with Crippen LogP contribution in [0.4, 0.5) is 0 Å². The highest BCUT2D eigenvalue weighted by molar-refractivity contribution is 9.10. The van der Waals surface area contributed by atoms with Crippen LogP contribution >= 0.6 is 39.1 Å². The molecule has 8 heteroatoms. The van der Waals surface area contributed by atoms with E-state index in [-0.39, 0.29) is 25.0 Å². The molecule has 0 fully saturated rings. The molecule has 5 nitrogen and oxygen atoms in total. The fraction of sp³-hybridized carbons (Fsp3) is 0.310. The predicted molar refractivity (Wildman–Crippen MR) is 153 cm³/mol. The molecule has 0 aliphatic carbocycles. The van der Waals surface area contributed by atoms with Crippen LogP contribution < -0.4 is 10.1 Å². The zero-order valence-corrected chi connectivity index (χ0v) is 24.1. The van der Waals surface area contributed by atoms with Crippen LogP contribution in [0.1, 0.15) is 37.0 Å². The number of nitrogens with zero attached hydrogens (tertiary/aromatic N) is 1. The summed E-state index contributed by atoms with van der Waals surface area (Å²) < 4.78 is 6.67. The van der Waals surface area contributed by atoms with Crippen molar-refractivity contribution >= 4 is 50.9 Å². The van der Waals surface area contributed by atoms with Crippen LogP contribution in [0, 0.1) is 0 Å². The standard InChI is InChI=1S/C29H31BrCl2N2O3/c1-3-15-33-29(36)26(17-21-9-6-5-7-10-21)34(18-22-24(31)11-8-12-25(22)32)28(35)19-37-27-14-13-20(4-2)16-23(27)30/h5-14,16,26H,3-4,15,17-19H2,1-2H3,(H,33,36)/t26-/m1/s1. The molecular weight excluding hydrogens is 575 g/mol. The molecule has 2 amide bonds. The number of benzene rings is 3. The number of amides is 2. The average Bonchev–Trinajstić information content (AvgIpc) is 2.90. The Bertz CT molecular complexity index is 1190. The molecule has 0 saturated carbocycles. The summed E-state index contributed by atoms with van der Waals surface area (Å²) in [6, 6.07) is 19.8. The molecule has 3 aromatic carbocycles. The normalized spacial score (nSPS) is 11.6. The molecule has 0 saturated heterocycles. The quantitative estimate of drug-likeness (QED) is 0.245. The summed E-state index contributed by atoms with van der Waals surface area (Å²) in [7, 11) is 0. The SMILES string of the molecule is CCCNC(=O)[C@@H](Cc1ccccc1)N(Cc1c(Cl)cccc1Cl)C(=O)COc1ccc(CC)cc1Br. The maximum atomic E-state index is 13.7. The van der Waals surface area contributed by atoms with Gasteiger partial charge >= 0.3 is 0 Å². The molecule has 0 radical (unpaired) electrons. The minimum atomic E-state index is -0.789. The topological polar surface area (TPSA) is 58.6 Å². The lowest BCUT2D eigenvalue weighted by Gasteiger charge is -2.32. The van der Waals surface area contributed by atoms with Crippen molar-refractivity contribution in [3.05, 3.63) is 97.9 Å². The smallest absolute Gasteiger partial charge is 0.261 e. The minimum Gasteiger partial charge on any atom is -0.483 e. The van der Waals surface area contributed by atoms with Crippen molar-refractivity contribution in [3.63, 3.8) is 0 Å². The third-order valence-corrected chi connectivity index (χ3v) is 7.29. The van der Waals surface area contributed by atoms with E-state index in [1.54, 1.807) is 18.2 Å². The Morgan fingerprint density at radius 1 is 0.973 bits per heavy atom. The second kappa shape index (κ2) is 14.4. The fourth-order valence-corrected chi connectivity index (χ4v) is 4.94. The van der Waals surface area contributed by atoms with Gasteiger partial charge in [-0.15, -0.1) is 0 Å². The first-order valence-electron chi connectivity index (χ1n) is 12.3. The van der Waals surface area contributed by atoms with Gasteiger partial charge < -0.3 is 15.0 Å². The van der Waals surface area contributed by atoms with E-state index in [1.165, 1.54) is 4.90 Å². The third kappa shape index (κ3) is 8.22. The molecule has 0 aliphatic heterocycles. The molecule has 0 spiro atoms. The van der Waals surface area contributed by atoms with Crippen LogP contribution in [0.5, 0.6) is 5.75 Å². The fourth-order valence-electron chi connectivity index (χ4n) is 3.88. The van der Waals surface area contributed by atoms with Gasteiger partial charge in [-0.3, -0.25) is 9.59 Å². The molecule has 1 N–H and O–H groups in total. The number of halogens is 3. The summed E-state index contributed by atoms with van der Waals surface area (Å²) in [5.41, 5.74) is 2.66. The first kappa shape index (κ1) is 29.0. The number of nitrogens with one attached hydrogen (secondary N) is 1. The van der Waals surface area contributed by atoms with Crippen molar-refractivity contribution in [1.29, 1.82) is 0 Å². The minimum absolute atomic E-state index is 0.0632. The van der Waals surface area contributed by atoms with E-state index in [1.807, 2.05) is 55.5 Å². The summed E-state index contributed by atoms with van der Waals surface area (Å²) in [4.78, 5) is 28.6. The zero-order chi connectivity index (χ0) is 26.8. The summed E-state index contributed by atoms with van der Waals surface area (Å²) in [5.74, 6) is -0.0398. The Kier molecular flexibility index (Phi) is 11.3. The highest BCUT2D eigenvalue weighted by Crippen LogP contribution is 2.29. The zero-order valence-electron chi connectivity index (χ0n) is 21.0. The van der Waals surface area contributed by atoms with Crippen molar-refractivity contribution in [2.24, 2.45) is 0 Å². The van der Waals surface area contributed by atoms with Gasteiger partial charge in [0.05, 0.1) is 4.47 Å². The van der Waals surface area contributed by atoms with Gasteiger partial charge in [-0.25, -0.2) is 0 Å². The van der Waals surface area contributed by atoms with Crippen LogP contribution in [0.2, 0.25) is 10.0 Å². The van der Waals surface area contributed by atoms with Gasteiger partial charge in [0.2, 0.25) is 5.91 Å². The lowest BCUT2D eigenvalue weighted by Crippen LogP contribution is -2.51. The lowest BCUT2D eigenvalue weighted by molar-refractivity contribution is -0.142. The Morgan fingerprint density at radius 3 is 2.30 bits per heavy atom. The average molecular weight is 606 g/mol. The Morgan fingerprint density at radius 2 is 1.68 bits per heavy atom. The van der Waals surface area contributed by atoms with E-state index in [0.29, 0.717) is 34.3 Å². The molecule has 3 rings (SSSR count). The molecule has 0 unspecified atom stereocenters. The molecule has 37 heavy (non-hydrogen) atoms. The van der Waals surface area contributed by atoms with Gasteiger partial charge in [-0.1, -0.05) is 79.5 Å². The lowest BCUT2D eigenvalue weighted by atomic mass is 10.0. The number of ether oxygens (including phenoxy) is 1. The largest absolute Gasteiger partial charge is 0.483 e. The van der Waals surface area contributed by atoms with Crippen molar-refractivity contribution in [2.75, 3.05) is 13.2 Å². The predicted octanol–water partition coefficient (Wildman–Crippen LogP) is 6.86. The van der Waals surface area contributed by atoms with Gasteiger partial charge in [0.1, 0.15) is 11.8 Å². The van der Waals surface area contributed by atoms with Crippen molar-refractivity contribution < 1.29 is 14.3 Å². The third-order valence-electron chi connectivity index (χ3n) is 5.97. The molecule has 0 heterocycles. The van der Waals surface area contributed by atoms with E-state index in [4.69, 9.17) is 27.9 Å². The number of hydrogen-bond donors (Lipinski definition) is 1. The Hall–Kier alpha value is -2.54. The van der Waals surface area contributed by atoms with Crippen molar-refractivity contribution in [3.8, 4) is 5.75 Å². The van der Waals surface area contributed by atoms with Gasteiger partial charge in [0.15, 0.2) is 6.61 Å². The van der Waals surface area contributed by atoms with Crippen LogP contribution in [0.25, 0.3) is 0 Å². The van der Waals surface area contributed by atoms with Gasteiger partial charge in [-0.05, 0) is 64.2 Å². The van der Waals surface area contributed by atoms with Crippen molar-refractivity contribution in [2.45, 2.75) is 45.7 Å². The number of carbonyl (C=O) groups excluding carboxylic acids is 2. The molecular formula is C29H31BrCl2N2O3. The highest BCUT2D eigenvalue weighted by Gasteiger charge is 2.31. The molecule has 1 atom stereocenters. The molecule has 3 aromatic rings. The summed E-state index contributed by atoms with van der Waals surface area (Å²) in [5, 5.41) is 3.81. The number of hydrogen-bond acceptors (Lipinski definition) is 3. The second-order valence-corrected chi connectivity index (χ2v) is 10.3. The molecule has 0 aromatic heterocycles. The summed E-state index contributed by atoms with van der Waals surface area (Å²) in [6.45, 7) is 4.37. The maximum Gasteiger partial charge on any atom is 0.261 e. The van der Waals surface area contributed by atoms with Crippen LogP contribution in [0.15, 0.2) is 71.2 Å². The first-order valence-corrected chi connectivity index (χ1v) is 13.8. The monoisotopic (exact) mass is 604 g/mol. The molecule has 0 aliphatic rings. The van der Waals surface area contributed by atoms with Crippen LogP contribution in [-0.2, 0) is 29.0 Å². The Labute approximate surface area is 237 Å². The summed E-state index contributed by atoms with van der Waals surface area (Å²) >= 11 is 16.5. The van der Waals surface area contributed by atoms with Gasteiger partial charge in [0.25, 0.3) is 5.91 Å². The van der Waals surface area contributed by atoms with E-state index in [2.05, 4.69) is 28.2 Å². The van der Waals surface area contributed by atoms with Gasteiger partial charge in [0, 0.05) is 35.1 Å². The van der Waals surface area contributed by atoms with Crippen molar-refractivity contribution in [1.82, 2.24) is 10.2 Å². The van der Waals surface area contributed by atoms with E-state index >= 15 is 0 Å². The van der Waals surface area contributed by atoms with Gasteiger partial charge in [-0.2, -0.15) is 0 Å². The highest BCUT2D eigenvalue weighted by atomic mass is 79.9.